The summed E-state index contributed by atoms with van der Waals surface area (Å²) >= 11 is 0. The maximum absolute atomic E-state index is 11.6. The van der Waals surface area contributed by atoms with Gasteiger partial charge in [0.1, 0.15) is 18.9 Å². The van der Waals surface area contributed by atoms with E-state index in [0.29, 0.717) is 24.3 Å². The van der Waals surface area contributed by atoms with Gasteiger partial charge in [-0.25, -0.2) is 0 Å². The molecule has 0 saturated heterocycles. The largest absolute Gasteiger partial charge is 0.487 e. The maximum atomic E-state index is 11.6. The van der Waals surface area contributed by atoms with Gasteiger partial charge in [0.25, 0.3) is 0 Å². The van der Waals surface area contributed by atoms with Gasteiger partial charge in [-0.3, -0.25) is 4.79 Å². The lowest BCUT2D eigenvalue weighted by Gasteiger charge is -2.08. The summed E-state index contributed by atoms with van der Waals surface area (Å²) in [5, 5.41) is 2.05. The first-order valence-electron chi connectivity index (χ1n) is 5.32. The maximum Gasteiger partial charge on any atom is 0.166 e. The molecule has 15 heavy (non-hydrogen) atoms. The highest BCUT2D eigenvalue weighted by Crippen LogP contribution is 2.19. The van der Waals surface area contributed by atoms with Gasteiger partial charge in [-0.2, -0.15) is 0 Å². The van der Waals surface area contributed by atoms with Crippen LogP contribution in [0.15, 0.2) is 24.3 Å². The third-order valence-corrected chi connectivity index (χ3v) is 2.17. The minimum absolute atomic E-state index is 0.131. The third kappa shape index (κ3) is 3.36. The van der Waals surface area contributed by atoms with E-state index >= 15 is 0 Å². The number of nitrogens with two attached hydrogens (primary N) is 1. The summed E-state index contributed by atoms with van der Waals surface area (Å²) in [5.74, 6) is 0.831. The van der Waals surface area contributed by atoms with Gasteiger partial charge in [-0.1, -0.05) is 19.1 Å². The van der Waals surface area contributed by atoms with Gasteiger partial charge in [0, 0.05) is 6.42 Å². The molecule has 0 fully saturated rings. The summed E-state index contributed by atoms with van der Waals surface area (Å²) in [6.45, 7) is 3.39. The molecule has 0 saturated carbocycles. The summed E-state index contributed by atoms with van der Waals surface area (Å²) in [5.41, 5.74) is 0.691. The first kappa shape index (κ1) is 11.7. The van der Waals surface area contributed by atoms with Crippen molar-refractivity contribution < 1.29 is 14.8 Å². The lowest BCUT2D eigenvalue weighted by atomic mass is 10.1. The fraction of sp³-hybridized carbons (Fsp3) is 0.417. The van der Waals surface area contributed by atoms with E-state index in [4.69, 9.17) is 4.74 Å². The number of hydrogen-bond acceptors (Lipinski definition) is 2. The normalized spacial score (nSPS) is 10.0. The third-order valence-electron chi connectivity index (χ3n) is 2.17. The van der Waals surface area contributed by atoms with Crippen LogP contribution < -0.4 is 10.1 Å². The van der Waals surface area contributed by atoms with Crippen LogP contribution in [-0.2, 0) is 0 Å². The Balaban J connectivity index is 2.73. The fourth-order valence-electron chi connectivity index (χ4n) is 1.30. The zero-order valence-electron chi connectivity index (χ0n) is 9.32. The number of carbonyl (C=O) groups excluding carboxylic acids is 1. The molecule has 1 rings (SSSR count). The molecular formula is C12H18NO2+. The Kier molecular flexibility index (Phi) is 4.84. The molecule has 0 heterocycles. The molecule has 3 nitrogen and oxygen atoms in total. The van der Waals surface area contributed by atoms with Crippen LogP contribution in [0.25, 0.3) is 0 Å². The van der Waals surface area contributed by atoms with Crippen LogP contribution in [-0.4, -0.2) is 26.0 Å². The summed E-state index contributed by atoms with van der Waals surface area (Å²) in [4.78, 5) is 11.6. The minimum Gasteiger partial charge on any atom is -0.487 e. The number of likely N-dealkylation sites (N-methyl/N-ethyl adjacent to an activating group) is 1. The molecule has 0 aromatic heterocycles. The van der Waals surface area contributed by atoms with E-state index in [1.807, 2.05) is 43.6 Å². The number of rotatable bonds is 6. The second-order valence-corrected chi connectivity index (χ2v) is 3.32. The number of Topliss-reactive ketones (excluding diaryl/α,β-unsaturated/α-hetero) is 1. The van der Waals surface area contributed by atoms with Crippen molar-refractivity contribution in [2.45, 2.75) is 13.3 Å². The van der Waals surface area contributed by atoms with E-state index < -0.39 is 0 Å². The highest BCUT2D eigenvalue weighted by atomic mass is 16.5. The number of para-hydroxylation sites is 1. The van der Waals surface area contributed by atoms with Crippen LogP contribution in [0.5, 0.6) is 5.75 Å². The van der Waals surface area contributed by atoms with Crippen molar-refractivity contribution in [1.82, 2.24) is 0 Å². The smallest absolute Gasteiger partial charge is 0.166 e. The Morgan fingerprint density at radius 1 is 1.40 bits per heavy atom. The van der Waals surface area contributed by atoms with E-state index in [2.05, 4.69) is 0 Å². The lowest BCUT2D eigenvalue weighted by Crippen LogP contribution is -2.80. The number of benzene rings is 1. The molecule has 82 valence electrons. The molecule has 3 heteroatoms. The van der Waals surface area contributed by atoms with Crippen molar-refractivity contribution in [3.05, 3.63) is 29.8 Å². The predicted molar refractivity (Wildman–Crippen MR) is 59.3 cm³/mol. The standard InChI is InChI=1S/C12H17NO2/c1-3-11(14)10-6-4-5-7-12(10)15-9-8-13-2/h4-7,13H,3,8-9H2,1-2H3/p+1. The molecular weight excluding hydrogens is 190 g/mol. The highest BCUT2D eigenvalue weighted by molar-refractivity contribution is 5.98. The zero-order valence-corrected chi connectivity index (χ0v) is 9.32. The van der Waals surface area contributed by atoms with Gasteiger partial charge < -0.3 is 10.1 Å². The van der Waals surface area contributed by atoms with E-state index in [-0.39, 0.29) is 5.78 Å². The summed E-state index contributed by atoms with van der Waals surface area (Å²) in [7, 11) is 1.99. The Morgan fingerprint density at radius 3 is 2.80 bits per heavy atom. The van der Waals surface area contributed by atoms with E-state index in [1.54, 1.807) is 0 Å². The second kappa shape index (κ2) is 6.19. The SMILES string of the molecule is CCC(=O)c1ccccc1OCC[NH2+]C. The molecule has 1 aromatic rings. The lowest BCUT2D eigenvalue weighted by molar-refractivity contribution is -0.627. The van der Waals surface area contributed by atoms with Gasteiger partial charge >= 0.3 is 0 Å². The number of hydrogen-bond donors (Lipinski definition) is 1. The van der Waals surface area contributed by atoms with E-state index in [9.17, 15) is 4.79 Å². The van der Waals surface area contributed by atoms with Gasteiger partial charge in [0.2, 0.25) is 0 Å². The molecule has 0 spiro atoms. The Labute approximate surface area is 90.4 Å². The molecule has 0 unspecified atom stereocenters. The van der Waals surface area contributed by atoms with Crippen molar-refractivity contribution in [2.75, 3.05) is 20.2 Å². The van der Waals surface area contributed by atoms with Crippen LogP contribution in [0.1, 0.15) is 23.7 Å². The first-order valence-corrected chi connectivity index (χ1v) is 5.32. The monoisotopic (exact) mass is 208 g/mol. The van der Waals surface area contributed by atoms with E-state index in [1.165, 1.54) is 0 Å². The second-order valence-electron chi connectivity index (χ2n) is 3.32. The summed E-state index contributed by atoms with van der Waals surface area (Å²) < 4.78 is 5.55. The number of quaternary nitrogens is 1. The molecule has 0 aliphatic rings. The van der Waals surface area contributed by atoms with Crippen molar-refractivity contribution in [3.63, 3.8) is 0 Å². The molecule has 0 atom stereocenters. The highest BCUT2D eigenvalue weighted by Gasteiger charge is 2.09. The predicted octanol–water partition coefficient (Wildman–Crippen LogP) is 0.851. The number of ketones is 1. The van der Waals surface area contributed by atoms with Crippen LogP contribution >= 0.6 is 0 Å². The molecule has 0 bridgehead atoms. The van der Waals surface area contributed by atoms with Gasteiger partial charge in [-0.15, -0.1) is 0 Å². The average Bonchev–Trinajstić information content (AvgIpc) is 2.29. The van der Waals surface area contributed by atoms with Gasteiger partial charge in [0.05, 0.1) is 12.6 Å². The Bertz CT molecular complexity index is 323. The summed E-state index contributed by atoms with van der Waals surface area (Å²) in [6, 6.07) is 7.41. The first-order chi connectivity index (χ1) is 7.29. The molecule has 0 amide bonds. The van der Waals surface area contributed by atoms with Crippen molar-refractivity contribution in [2.24, 2.45) is 0 Å². The number of carbonyl (C=O) groups is 1. The molecule has 0 radical (unpaired) electrons. The number of ether oxygens (including phenoxy) is 1. The van der Waals surface area contributed by atoms with Crippen molar-refractivity contribution >= 4 is 5.78 Å². The van der Waals surface area contributed by atoms with Crippen LogP contribution in [0.4, 0.5) is 0 Å². The van der Waals surface area contributed by atoms with E-state index in [0.717, 1.165) is 6.54 Å². The topological polar surface area (TPSA) is 42.9 Å². The van der Waals surface area contributed by atoms with Crippen molar-refractivity contribution in [3.8, 4) is 5.75 Å². The molecule has 1 aromatic carbocycles. The fourth-order valence-corrected chi connectivity index (χ4v) is 1.30. The van der Waals surface area contributed by atoms with Crippen molar-refractivity contribution in [1.29, 1.82) is 0 Å². The molecule has 2 N–H and O–H groups in total. The quantitative estimate of drug-likeness (QED) is 0.556. The summed E-state index contributed by atoms with van der Waals surface area (Å²) in [6.07, 6.45) is 0.514. The van der Waals surface area contributed by atoms with Gasteiger partial charge in [0.15, 0.2) is 5.78 Å². The average molecular weight is 208 g/mol. The van der Waals surface area contributed by atoms with Crippen LogP contribution in [0.3, 0.4) is 0 Å². The molecule has 0 aliphatic heterocycles. The van der Waals surface area contributed by atoms with Crippen LogP contribution in [0.2, 0.25) is 0 Å². The Hall–Kier alpha value is -1.35. The van der Waals surface area contributed by atoms with Gasteiger partial charge in [-0.05, 0) is 12.1 Å². The zero-order chi connectivity index (χ0) is 11.1. The van der Waals surface area contributed by atoms with Crippen LogP contribution in [0, 0.1) is 0 Å². The molecule has 0 aliphatic carbocycles. The Morgan fingerprint density at radius 2 is 2.13 bits per heavy atom. The minimum atomic E-state index is 0.131.